The molecular weight excluding hydrogens is 312 g/mol. The van der Waals surface area contributed by atoms with Crippen LogP contribution >= 0.6 is 22.9 Å². The molecule has 0 saturated carbocycles. The molecule has 2 aromatic rings. The van der Waals surface area contributed by atoms with Crippen LogP contribution in [0.2, 0.25) is 5.02 Å². The van der Waals surface area contributed by atoms with Crippen molar-refractivity contribution in [3.8, 4) is 0 Å². The summed E-state index contributed by atoms with van der Waals surface area (Å²) in [5.41, 5.74) is 1.40. The summed E-state index contributed by atoms with van der Waals surface area (Å²) in [5, 5.41) is 16.6. The van der Waals surface area contributed by atoms with E-state index in [1.165, 1.54) is 11.3 Å². The number of halogens is 1. The molecule has 0 bridgehead atoms. The topological polar surface area (TPSA) is 78.4 Å². The quantitative estimate of drug-likeness (QED) is 0.789. The third-order valence-corrected chi connectivity index (χ3v) is 4.08. The number of aromatic carboxylic acids is 1. The number of anilines is 1. The summed E-state index contributed by atoms with van der Waals surface area (Å²) < 4.78 is 0. The number of rotatable bonds is 5. The van der Waals surface area contributed by atoms with E-state index in [2.05, 4.69) is 10.6 Å². The van der Waals surface area contributed by atoms with Gasteiger partial charge < -0.3 is 15.7 Å². The number of hydrogen-bond donors (Lipinski definition) is 3. The van der Waals surface area contributed by atoms with Gasteiger partial charge in [-0.05, 0) is 24.3 Å². The standard InChI is InChI=1S/C14H13ClN2O3S/c1-16-13(18)8-2-3-11(15)12(5-8)17-6-10-4-9(7-21-10)14(19)20/h2-5,7,17H,6H2,1H3,(H,16,18)(H,19,20). The van der Waals surface area contributed by atoms with E-state index < -0.39 is 5.97 Å². The Labute approximate surface area is 130 Å². The number of amides is 1. The maximum Gasteiger partial charge on any atom is 0.336 e. The zero-order chi connectivity index (χ0) is 15.4. The minimum Gasteiger partial charge on any atom is -0.478 e. The van der Waals surface area contributed by atoms with E-state index in [0.29, 0.717) is 22.8 Å². The minimum atomic E-state index is -0.947. The molecular formula is C14H13ClN2O3S. The van der Waals surface area contributed by atoms with Crippen LogP contribution in [0, 0.1) is 0 Å². The summed E-state index contributed by atoms with van der Waals surface area (Å²) in [7, 11) is 1.56. The van der Waals surface area contributed by atoms with Crippen LogP contribution < -0.4 is 10.6 Å². The van der Waals surface area contributed by atoms with E-state index in [1.807, 2.05) is 0 Å². The van der Waals surface area contributed by atoms with E-state index in [-0.39, 0.29) is 11.5 Å². The molecule has 0 spiro atoms. The summed E-state index contributed by atoms with van der Waals surface area (Å²) in [6, 6.07) is 6.55. The van der Waals surface area contributed by atoms with Crippen molar-refractivity contribution in [3.63, 3.8) is 0 Å². The highest BCUT2D eigenvalue weighted by molar-refractivity contribution is 7.10. The maximum absolute atomic E-state index is 11.6. The van der Waals surface area contributed by atoms with Gasteiger partial charge in [-0.15, -0.1) is 11.3 Å². The lowest BCUT2D eigenvalue weighted by Crippen LogP contribution is -2.17. The fraction of sp³-hybridized carbons (Fsp3) is 0.143. The second-order valence-electron chi connectivity index (χ2n) is 4.23. The Kier molecular flexibility index (Phi) is 4.82. The maximum atomic E-state index is 11.6. The van der Waals surface area contributed by atoms with Crippen LogP contribution in [0.25, 0.3) is 0 Å². The average molecular weight is 325 g/mol. The molecule has 1 amide bonds. The normalized spacial score (nSPS) is 10.2. The molecule has 0 aliphatic carbocycles. The smallest absolute Gasteiger partial charge is 0.336 e. The molecule has 1 aromatic heterocycles. The first-order chi connectivity index (χ1) is 10.0. The summed E-state index contributed by atoms with van der Waals surface area (Å²) in [6.07, 6.45) is 0. The number of benzene rings is 1. The Balaban J connectivity index is 2.11. The zero-order valence-electron chi connectivity index (χ0n) is 11.1. The molecule has 7 heteroatoms. The highest BCUT2D eigenvalue weighted by atomic mass is 35.5. The van der Waals surface area contributed by atoms with Crippen LogP contribution in [0.15, 0.2) is 29.6 Å². The lowest BCUT2D eigenvalue weighted by Gasteiger charge is -2.09. The minimum absolute atomic E-state index is 0.195. The average Bonchev–Trinajstić information content (AvgIpc) is 2.94. The Morgan fingerprint density at radius 3 is 2.67 bits per heavy atom. The van der Waals surface area contributed by atoms with Crippen molar-refractivity contribution < 1.29 is 14.7 Å². The molecule has 1 aromatic carbocycles. The summed E-state index contributed by atoms with van der Waals surface area (Å²) >= 11 is 7.43. The lowest BCUT2D eigenvalue weighted by molar-refractivity contribution is 0.0697. The summed E-state index contributed by atoms with van der Waals surface area (Å²) in [6.45, 7) is 0.439. The first kappa shape index (κ1) is 15.3. The molecule has 1 heterocycles. The fourth-order valence-corrected chi connectivity index (χ4v) is 2.70. The molecule has 3 N–H and O–H groups in total. The Bertz CT molecular complexity index is 685. The molecule has 0 aliphatic heterocycles. The third kappa shape index (κ3) is 3.74. The Morgan fingerprint density at radius 2 is 2.05 bits per heavy atom. The fourth-order valence-electron chi connectivity index (χ4n) is 1.71. The van der Waals surface area contributed by atoms with Crippen LogP contribution in [0.5, 0.6) is 0 Å². The second kappa shape index (κ2) is 6.60. The number of nitrogens with one attached hydrogen (secondary N) is 2. The van der Waals surface area contributed by atoms with Crippen molar-refractivity contribution in [1.29, 1.82) is 0 Å². The van der Waals surface area contributed by atoms with Gasteiger partial charge in [0.25, 0.3) is 5.91 Å². The number of carbonyl (C=O) groups excluding carboxylic acids is 1. The van der Waals surface area contributed by atoms with Crippen LogP contribution in [0.4, 0.5) is 5.69 Å². The van der Waals surface area contributed by atoms with Crippen LogP contribution in [-0.4, -0.2) is 24.0 Å². The monoisotopic (exact) mass is 324 g/mol. The number of hydrogen-bond acceptors (Lipinski definition) is 4. The summed E-state index contributed by atoms with van der Waals surface area (Å²) in [5.74, 6) is -1.14. The third-order valence-electron chi connectivity index (χ3n) is 2.81. The van der Waals surface area contributed by atoms with Gasteiger partial charge in [-0.2, -0.15) is 0 Å². The molecule has 0 radical (unpaired) electrons. The van der Waals surface area contributed by atoms with Gasteiger partial charge in [0.05, 0.1) is 16.3 Å². The molecule has 0 unspecified atom stereocenters. The van der Waals surface area contributed by atoms with Gasteiger partial charge in [0.15, 0.2) is 0 Å². The first-order valence-corrected chi connectivity index (χ1v) is 7.33. The molecule has 5 nitrogen and oxygen atoms in total. The lowest BCUT2D eigenvalue weighted by atomic mass is 10.2. The predicted octanol–water partition coefficient (Wildman–Crippen LogP) is 3.07. The second-order valence-corrected chi connectivity index (χ2v) is 5.64. The largest absolute Gasteiger partial charge is 0.478 e. The van der Waals surface area contributed by atoms with E-state index in [9.17, 15) is 9.59 Å². The van der Waals surface area contributed by atoms with E-state index in [4.69, 9.17) is 16.7 Å². The van der Waals surface area contributed by atoms with Crippen molar-refractivity contribution in [2.24, 2.45) is 0 Å². The van der Waals surface area contributed by atoms with Gasteiger partial charge in [-0.3, -0.25) is 4.79 Å². The van der Waals surface area contributed by atoms with E-state index in [0.717, 1.165) is 4.88 Å². The molecule has 0 fully saturated rings. The molecule has 110 valence electrons. The van der Waals surface area contributed by atoms with Crippen molar-refractivity contribution in [2.75, 3.05) is 12.4 Å². The molecule has 0 aliphatic rings. The van der Waals surface area contributed by atoms with Gasteiger partial charge in [0.1, 0.15) is 0 Å². The van der Waals surface area contributed by atoms with Gasteiger partial charge in [0, 0.05) is 29.4 Å². The highest BCUT2D eigenvalue weighted by Gasteiger charge is 2.09. The predicted molar refractivity (Wildman–Crippen MR) is 83.4 cm³/mol. The van der Waals surface area contributed by atoms with Gasteiger partial charge in [-0.25, -0.2) is 4.79 Å². The number of carboxylic acids is 1. The highest BCUT2D eigenvalue weighted by Crippen LogP contribution is 2.25. The molecule has 0 atom stereocenters. The number of carbonyl (C=O) groups is 2. The summed E-state index contributed by atoms with van der Waals surface area (Å²) in [4.78, 5) is 23.3. The van der Waals surface area contributed by atoms with Crippen molar-refractivity contribution in [1.82, 2.24) is 5.32 Å². The van der Waals surface area contributed by atoms with E-state index >= 15 is 0 Å². The van der Waals surface area contributed by atoms with Gasteiger partial charge in [-0.1, -0.05) is 11.6 Å². The van der Waals surface area contributed by atoms with Crippen molar-refractivity contribution >= 4 is 40.5 Å². The van der Waals surface area contributed by atoms with E-state index in [1.54, 1.807) is 36.7 Å². The Morgan fingerprint density at radius 1 is 1.29 bits per heavy atom. The molecule has 0 saturated heterocycles. The number of thiophene rings is 1. The Hall–Kier alpha value is -2.05. The van der Waals surface area contributed by atoms with Crippen LogP contribution in [0.3, 0.4) is 0 Å². The van der Waals surface area contributed by atoms with Crippen molar-refractivity contribution in [3.05, 3.63) is 50.7 Å². The number of carboxylic acid groups (broad SMARTS) is 1. The van der Waals surface area contributed by atoms with Crippen LogP contribution in [0.1, 0.15) is 25.6 Å². The SMILES string of the molecule is CNC(=O)c1ccc(Cl)c(NCc2cc(C(=O)O)cs2)c1. The van der Waals surface area contributed by atoms with Gasteiger partial charge >= 0.3 is 5.97 Å². The first-order valence-electron chi connectivity index (χ1n) is 6.07. The molecule has 2 rings (SSSR count). The van der Waals surface area contributed by atoms with Crippen LogP contribution in [-0.2, 0) is 6.54 Å². The van der Waals surface area contributed by atoms with Gasteiger partial charge in [0.2, 0.25) is 0 Å². The zero-order valence-corrected chi connectivity index (χ0v) is 12.7. The van der Waals surface area contributed by atoms with Crippen molar-refractivity contribution in [2.45, 2.75) is 6.54 Å². The molecule has 21 heavy (non-hydrogen) atoms.